The molecule has 0 saturated carbocycles. The van der Waals surface area contributed by atoms with Crippen LogP contribution in [0.3, 0.4) is 0 Å². The topological polar surface area (TPSA) is 91.7 Å². The first-order valence-corrected chi connectivity index (χ1v) is 4.66. The van der Waals surface area contributed by atoms with Crippen LogP contribution >= 0.6 is 0 Å². The van der Waals surface area contributed by atoms with E-state index in [0.29, 0.717) is 0 Å². The molecule has 0 aliphatic rings. The number of carbonyl (C=O) groups is 1. The molecule has 71 valence electrons. The molecule has 0 spiro atoms. The van der Waals surface area contributed by atoms with Crippen LogP contribution in [0.2, 0.25) is 0 Å². The molecule has 1 radical (unpaired) electrons. The van der Waals surface area contributed by atoms with Crippen LogP contribution in [0, 0.1) is 0 Å². The molecule has 5 nitrogen and oxygen atoms in total. The Bertz CT molecular complexity index is 439. The van der Waals surface area contributed by atoms with Crippen molar-refractivity contribution in [3.8, 4) is 0 Å². The van der Waals surface area contributed by atoms with Gasteiger partial charge in [0.2, 0.25) is 0 Å². The molecule has 14 heavy (non-hydrogen) atoms. The fourth-order valence-corrected chi connectivity index (χ4v) is 1.32. The van der Waals surface area contributed by atoms with Gasteiger partial charge in [-0.15, -0.1) is 0 Å². The number of benzene rings is 1. The standard InChI is InChI=1S/C7H6O5S.K/c8-7(9)5-2-1-3-6(4-5)13(10,11)12;/h1-4H,(H,8,9)(H,10,11,12);. The second kappa shape index (κ2) is 5.36. The maximum absolute atomic E-state index is 10.6. The van der Waals surface area contributed by atoms with Crippen LogP contribution in [0.15, 0.2) is 29.2 Å². The number of carboxylic acids is 1. The minimum Gasteiger partial charge on any atom is -0.478 e. The van der Waals surface area contributed by atoms with E-state index in [1.807, 2.05) is 0 Å². The van der Waals surface area contributed by atoms with Gasteiger partial charge in [0.05, 0.1) is 10.5 Å². The fourth-order valence-electron chi connectivity index (χ4n) is 0.790. The van der Waals surface area contributed by atoms with Gasteiger partial charge in [-0.3, -0.25) is 4.55 Å². The van der Waals surface area contributed by atoms with Crippen molar-refractivity contribution in [3.05, 3.63) is 29.8 Å². The Morgan fingerprint density at radius 1 is 1.29 bits per heavy atom. The molecule has 1 rings (SSSR count). The minimum atomic E-state index is -4.32. The first-order chi connectivity index (χ1) is 5.91. The molecule has 0 saturated heterocycles. The average molecular weight is 241 g/mol. The summed E-state index contributed by atoms with van der Waals surface area (Å²) in [6.07, 6.45) is 0. The molecule has 0 heterocycles. The molecule has 0 unspecified atom stereocenters. The maximum Gasteiger partial charge on any atom is 0.335 e. The van der Waals surface area contributed by atoms with Crippen molar-refractivity contribution in [2.45, 2.75) is 4.90 Å². The van der Waals surface area contributed by atoms with Crippen molar-refractivity contribution in [2.24, 2.45) is 0 Å². The molecule has 0 bridgehead atoms. The molecule has 2 N–H and O–H groups in total. The molecule has 0 aliphatic carbocycles. The summed E-state index contributed by atoms with van der Waals surface area (Å²) in [5.74, 6) is -1.24. The number of carboxylic acid groups (broad SMARTS) is 1. The first-order valence-electron chi connectivity index (χ1n) is 3.22. The molecule has 0 aliphatic heterocycles. The molecular formula is C7H6KO5S. The van der Waals surface area contributed by atoms with E-state index in [0.717, 1.165) is 12.1 Å². The van der Waals surface area contributed by atoms with Crippen molar-refractivity contribution in [1.29, 1.82) is 0 Å². The van der Waals surface area contributed by atoms with Gasteiger partial charge in [-0.2, -0.15) is 8.42 Å². The van der Waals surface area contributed by atoms with Gasteiger partial charge in [0.1, 0.15) is 0 Å². The van der Waals surface area contributed by atoms with Gasteiger partial charge in [-0.1, -0.05) is 6.07 Å². The van der Waals surface area contributed by atoms with Gasteiger partial charge in [-0.05, 0) is 18.2 Å². The first kappa shape index (κ1) is 14.2. The zero-order valence-electron chi connectivity index (χ0n) is 7.34. The van der Waals surface area contributed by atoms with E-state index in [2.05, 4.69) is 0 Å². The van der Waals surface area contributed by atoms with Gasteiger partial charge in [0, 0.05) is 51.4 Å². The van der Waals surface area contributed by atoms with E-state index in [1.165, 1.54) is 12.1 Å². The van der Waals surface area contributed by atoms with Crippen LogP contribution in [0.25, 0.3) is 0 Å². The summed E-state index contributed by atoms with van der Waals surface area (Å²) < 4.78 is 29.7. The van der Waals surface area contributed by atoms with Crippen LogP contribution in [0.1, 0.15) is 10.4 Å². The maximum atomic E-state index is 10.6. The number of hydrogen-bond donors (Lipinski definition) is 2. The minimum absolute atomic E-state index is 0. The Balaban J connectivity index is 0.00000169. The zero-order chi connectivity index (χ0) is 10.1. The molecule has 0 fully saturated rings. The molecule has 7 heteroatoms. The Morgan fingerprint density at radius 3 is 2.29 bits per heavy atom. The summed E-state index contributed by atoms with van der Waals surface area (Å²) in [6.45, 7) is 0. The van der Waals surface area contributed by atoms with E-state index in [4.69, 9.17) is 9.66 Å². The molecule has 1 aromatic rings. The third kappa shape index (κ3) is 3.77. The number of hydrogen-bond acceptors (Lipinski definition) is 3. The van der Waals surface area contributed by atoms with Crippen LogP contribution in [-0.2, 0) is 10.1 Å². The van der Waals surface area contributed by atoms with Gasteiger partial charge >= 0.3 is 5.97 Å². The van der Waals surface area contributed by atoms with E-state index >= 15 is 0 Å². The second-order valence-corrected chi connectivity index (χ2v) is 3.73. The fraction of sp³-hybridized carbons (Fsp3) is 0. The van der Waals surface area contributed by atoms with Crippen LogP contribution in [-0.4, -0.2) is 75.4 Å². The summed E-state index contributed by atoms with van der Waals surface area (Å²) in [4.78, 5) is 9.98. The van der Waals surface area contributed by atoms with E-state index in [-0.39, 0.29) is 56.9 Å². The van der Waals surface area contributed by atoms with Crippen LogP contribution < -0.4 is 0 Å². The molecule has 0 amide bonds. The predicted octanol–water partition coefficient (Wildman–Crippen LogP) is 0.251. The Hall–Kier alpha value is 0.236. The Kier molecular flexibility index (Phi) is 5.45. The van der Waals surface area contributed by atoms with Crippen LogP contribution in [0.4, 0.5) is 0 Å². The van der Waals surface area contributed by atoms with Gasteiger partial charge in [0.25, 0.3) is 10.1 Å². The SMILES string of the molecule is O=C(O)c1cccc(S(=O)(=O)O)c1.[K]. The monoisotopic (exact) mass is 241 g/mol. The molecular weight excluding hydrogens is 235 g/mol. The normalized spacial score (nSPS) is 10.4. The quantitative estimate of drug-likeness (QED) is 0.572. The summed E-state index contributed by atoms with van der Waals surface area (Å²) >= 11 is 0. The summed E-state index contributed by atoms with van der Waals surface area (Å²) in [5, 5.41) is 8.50. The van der Waals surface area contributed by atoms with Gasteiger partial charge in [-0.25, -0.2) is 4.79 Å². The van der Waals surface area contributed by atoms with Crippen molar-refractivity contribution in [3.63, 3.8) is 0 Å². The third-order valence-electron chi connectivity index (χ3n) is 1.38. The molecule has 0 aromatic heterocycles. The second-order valence-electron chi connectivity index (χ2n) is 2.31. The molecule has 0 atom stereocenters. The summed E-state index contributed by atoms with van der Waals surface area (Å²) in [7, 11) is -4.32. The van der Waals surface area contributed by atoms with Crippen molar-refractivity contribution in [1.82, 2.24) is 0 Å². The number of rotatable bonds is 2. The van der Waals surface area contributed by atoms with Gasteiger partial charge in [0.15, 0.2) is 0 Å². The van der Waals surface area contributed by atoms with Crippen molar-refractivity contribution < 1.29 is 22.9 Å². The molecule has 1 aromatic carbocycles. The van der Waals surface area contributed by atoms with Crippen molar-refractivity contribution in [2.75, 3.05) is 0 Å². The van der Waals surface area contributed by atoms with Crippen molar-refractivity contribution >= 4 is 67.5 Å². The summed E-state index contributed by atoms with van der Waals surface area (Å²) in [5.41, 5.74) is -0.185. The van der Waals surface area contributed by atoms with Crippen LogP contribution in [0.5, 0.6) is 0 Å². The average Bonchev–Trinajstić information content (AvgIpc) is 2.03. The third-order valence-corrected chi connectivity index (χ3v) is 2.23. The summed E-state index contributed by atoms with van der Waals surface area (Å²) in [6, 6.07) is 4.48. The van der Waals surface area contributed by atoms with E-state index < -0.39 is 21.0 Å². The van der Waals surface area contributed by atoms with E-state index in [9.17, 15) is 13.2 Å². The van der Waals surface area contributed by atoms with E-state index in [1.54, 1.807) is 0 Å². The Labute approximate surface area is 123 Å². The Morgan fingerprint density at radius 2 is 1.86 bits per heavy atom. The predicted molar refractivity (Wildman–Crippen MR) is 49.0 cm³/mol. The number of aromatic carboxylic acids is 1. The smallest absolute Gasteiger partial charge is 0.335 e. The largest absolute Gasteiger partial charge is 0.478 e. The van der Waals surface area contributed by atoms with Gasteiger partial charge < -0.3 is 5.11 Å². The zero-order valence-corrected chi connectivity index (χ0v) is 11.3.